The second kappa shape index (κ2) is 5.23. The minimum absolute atomic E-state index is 0.203. The van der Waals surface area contributed by atoms with Gasteiger partial charge in [-0.05, 0) is 18.4 Å². The third-order valence-electron chi connectivity index (χ3n) is 2.81. The van der Waals surface area contributed by atoms with Gasteiger partial charge in [0.25, 0.3) is 0 Å². The van der Waals surface area contributed by atoms with Crippen molar-refractivity contribution in [1.29, 1.82) is 5.26 Å². The Morgan fingerprint density at radius 2 is 1.94 bits per heavy atom. The van der Waals surface area contributed by atoms with E-state index in [0.29, 0.717) is 12.4 Å². The van der Waals surface area contributed by atoms with Crippen LogP contribution in [0.2, 0.25) is 0 Å². The van der Waals surface area contributed by atoms with Crippen LogP contribution in [0.4, 0.5) is 11.6 Å². The van der Waals surface area contributed by atoms with Gasteiger partial charge in [0.05, 0.1) is 0 Å². The first-order valence-electron chi connectivity index (χ1n) is 5.78. The maximum absolute atomic E-state index is 8.85. The van der Waals surface area contributed by atoms with Crippen LogP contribution >= 0.6 is 0 Å². The van der Waals surface area contributed by atoms with E-state index in [0.717, 1.165) is 12.8 Å². The summed E-state index contributed by atoms with van der Waals surface area (Å²) in [6.45, 7) is 0.659. The Balaban J connectivity index is 1.97. The third kappa shape index (κ3) is 2.43. The molecule has 0 fully saturated rings. The molecule has 0 radical (unpaired) electrons. The molecule has 0 saturated carbocycles. The monoisotopic (exact) mass is 241 g/mol. The quantitative estimate of drug-likeness (QED) is 0.849. The molecule has 0 spiro atoms. The molecule has 0 aliphatic carbocycles. The number of aromatic nitrogens is 2. The first-order valence-corrected chi connectivity index (χ1v) is 5.78. The maximum Gasteiger partial charge on any atom is 0.165 e. The largest absolute Gasteiger partial charge is 0.383 e. The summed E-state index contributed by atoms with van der Waals surface area (Å²) < 4.78 is 1.59. The van der Waals surface area contributed by atoms with Gasteiger partial charge in [-0.25, -0.2) is 4.68 Å². The number of nitrogens with two attached hydrogens (primary N) is 2. The number of anilines is 2. The summed E-state index contributed by atoms with van der Waals surface area (Å²) in [4.78, 5) is 0. The van der Waals surface area contributed by atoms with Crippen molar-refractivity contribution in [3.8, 4) is 6.07 Å². The van der Waals surface area contributed by atoms with E-state index in [9.17, 15) is 0 Å². The van der Waals surface area contributed by atoms with Gasteiger partial charge in [0.1, 0.15) is 17.5 Å². The Morgan fingerprint density at radius 1 is 1.22 bits per heavy atom. The first kappa shape index (κ1) is 12.0. The van der Waals surface area contributed by atoms with Crippen molar-refractivity contribution < 1.29 is 0 Å². The Morgan fingerprint density at radius 3 is 2.56 bits per heavy atom. The Labute approximate surface area is 106 Å². The average molecular weight is 241 g/mol. The van der Waals surface area contributed by atoms with Crippen LogP contribution < -0.4 is 11.5 Å². The van der Waals surface area contributed by atoms with Crippen LogP contribution in [0.3, 0.4) is 0 Å². The second-order valence-corrected chi connectivity index (χ2v) is 4.07. The van der Waals surface area contributed by atoms with Gasteiger partial charge in [-0.3, -0.25) is 0 Å². The highest BCUT2D eigenvalue weighted by atomic mass is 15.3. The number of hydrogen-bond acceptors (Lipinski definition) is 4. The van der Waals surface area contributed by atoms with E-state index in [2.05, 4.69) is 17.2 Å². The van der Waals surface area contributed by atoms with Gasteiger partial charge in [0.2, 0.25) is 0 Å². The van der Waals surface area contributed by atoms with Gasteiger partial charge >= 0.3 is 0 Å². The van der Waals surface area contributed by atoms with E-state index in [1.807, 2.05) is 24.3 Å². The van der Waals surface area contributed by atoms with E-state index in [4.69, 9.17) is 16.7 Å². The summed E-state index contributed by atoms with van der Waals surface area (Å²) >= 11 is 0. The fraction of sp³-hybridized carbons (Fsp3) is 0.231. The fourth-order valence-electron chi connectivity index (χ4n) is 1.86. The second-order valence-electron chi connectivity index (χ2n) is 4.07. The molecule has 92 valence electrons. The number of nitrogens with zero attached hydrogens (tertiary/aromatic N) is 3. The molecule has 0 atom stereocenters. The summed E-state index contributed by atoms with van der Waals surface area (Å²) in [5.41, 5.74) is 12.9. The van der Waals surface area contributed by atoms with Crippen molar-refractivity contribution in [3.63, 3.8) is 0 Å². The molecule has 5 heteroatoms. The molecule has 1 heterocycles. The van der Waals surface area contributed by atoms with E-state index < -0.39 is 0 Å². The molecular weight excluding hydrogens is 226 g/mol. The average Bonchev–Trinajstić information content (AvgIpc) is 2.65. The molecule has 5 nitrogen and oxygen atoms in total. The first-order chi connectivity index (χ1) is 8.72. The molecule has 0 amide bonds. The van der Waals surface area contributed by atoms with Crippen molar-refractivity contribution in [2.75, 3.05) is 11.5 Å². The summed E-state index contributed by atoms with van der Waals surface area (Å²) in [7, 11) is 0. The number of hydrogen-bond donors (Lipinski definition) is 2. The molecule has 2 rings (SSSR count). The zero-order valence-electron chi connectivity index (χ0n) is 10.0. The molecule has 1 aromatic carbocycles. The standard InChI is InChI=1S/C13H15N5/c14-9-11-12(15)17-18(13(11)16)8-4-7-10-5-2-1-3-6-10/h1-3,5-6H,4,7-8,16H2,(H2,15,17). The highest BCUT2D eigenvalue weighted by Gasteiger charge is 2.11. The minimum Gasteiger partial charge on any atom is -0.383 e. The summed E-state index contributed by atoms with van der Waals surface area (Å²) in [5, 5.41) is 12.9. The van der Waals surface area contributed by atoms with Gasteiger partial charge < -0.3 is 11.5 Å². The highest BCUT2D eigenvalue weighted by molar-refractivity contribution is 5.61. The van der Waals surface area contributed by atoms with E-state index >= 15 is 0 Å². The van der Waals surface area contributed by atoms with Crippen LogP contribution in [0.15, 0.2) is 30.3 Å². The van der Waals surface area contributed by atoms with Crippen LogP contribution in [-0.2, 0) is 13.0 Å². The van der Waals surface area contributed by atoms with Crippen LogP contribution in [-0.4, -0.2) is 9.78 Å². The Hall–Kier alpha value is -2.48. The zero-order valence-corrected chi connectivity index (χ0v) is 10.0. The van der Waals surface area contributed by atoms with Crippen LogP contribution in [0.1, 0.15) is 17.5 Å². The van der Waals surface area contributed by atoms with Crippen molar-refractivity contribution in [2.24, 2.45) is 0 Å². The topological polar surface area (TPSA) is 93.6 Å². The fourth-order valence-corrected chi connectivity index (χ4v) is 1.86. The molecule has 4 N–H and O–H groups in total. The number of benzene rings is 1. The summed E-state index contributed by atoms with van der Waals surface area (Å²) in [5.74, 6) is 0.553. The van der Waals surface area contributed by atoms with E-state index in [1.165, 1.54) is 5.56 Å². The molecule has 0 aliphatic heterocycles. The van der Waals surface area contributed by atoms with Gasteiger partial charge in [0.15, 0.2) is 5.82 Å². The van der Waals surface area contributed by atoms with Crippen molar-refractivity contribution in [1.82, 2.24) is 9.78 Å². The third-order valence-corrected chi connectivity index (χ3v) is 2.81. The Bertz CT molecular complexity index is 565. The highest BCUT2D eigenvalue weighted by Crippen LogP contribution is 2.17. The van der Waals surface area contributed by atoms with E-state index in [-0.39, 0.29) is 11.4 Å². The molecule has 2 aromatic rings. The lowest BCUT2D eigenvalue weighted by molar-refractivity contribution is 0.588. The normalized spacial score (nSPS) is 10.2. The molecule has 18 heavy (non-hydrogen) atoms. The van der Waals surface area contributed by atoms with Crippen LogP contribution in [0, 0.1) is 11.3 Å². The Kier molecular flexibility index (Phi) is 3.49. The molecular formula is C13H15N5. The smallest absolute Gasteiger partial charge is 0.165 e. The van der Waals surface area contributed by atoms with E-state index in [1.54, 1.807) is 4.68 Å². The molecule has 0 aliphatic rings. The minimum atomic E-state index is 0.203. The molecule has 0 unspecified atom stereocenters. The van der Waals surface area contributed by atoms with Crippen LogP contribution in [0.5, 0.6) is 0 Å². The number of rotatable bonds is 4. The molecule has 0 bridgehead atoms. The van der Waals surface area contributed by atoms with Crippen molar-refractivity contribution in [2.45, 2.75) is 19.4 Å². The summed E-state index contributed by atoms with van der Waals surface area (Å²) in [6.07, 6.45) is 1.85. The number of nitrogen functional groups attached to an aromatic ring is 2. The number of nitriles is 1. The van der Waals surface area contributed by atoms with Gasteiger partial charge in [-0.1, -0.05) is 30.3 Å². The summed E-state index contributed by atoms with van der Waals surface area (Å²) in [6, 6.07) is 12.2. The lowest BCUT2D eigenvalue weighted by atomic mass is 10.1. The maximum atomic E-state index is 8.85. The lowest BCUT2D eigenvalue weighted by Crippen LogP contribution is -2.06. The van der Waals surface area contributed by atoms with Crippen LogP contribution in [0.25, 0.3) is 0 Å². The zero-order chi connectivity index (χ0) is 13.0. The predicted molar refractivity (Wildman–Crippen MR) is 70.5 cm³/mol. The SMILES string of the molecule is N#Cc1c(N)nn(CCCc2ccccc2)c1N. The van der Waals surface area contributed by atoms with Gasteiger partial charge in [-0.15, -0.1) is 0 Å². The molecule has 0 saturated heterocycles. The van der Waals surface area contributed by atoms with Crippen molar-refractivity contribution in [3.05, 3.63) is 41.5 Å². The lowest BCUT2D eigenvalue weighted by Gasteiger charge is -2.04. The van der Waals surface area contributed by atoms with Crippen molar-refractivity contribution >= 4 is 11.6 Å². The van der Waals surface area contributed by atoms with Gasteiger partial charge in [0, 0.05) is 6.54 Å². The number of aryl methyl sites for hydroxylation is 2. The van der Waals surface area contributed by atoms with Gasteiger partial charge in [-0.2, -0.15) is 10.4 Å². The molecule has 1 aromatic heterocycles. The predicted octanol–water partition coefficient (Wildman–Crippen LogP) is 1.55.